The number of rotatable bonds is 4. The van der Waals surface area contributed by atoms with Crippen LogP contribution in [0.25, 0.3) is 32.9 Å². The molecular formula is C30H30F2N6O2. The number of benzene rings is 2. The molecule has 8 nitrogen and oxygen atoms in total. The van der Waals surface area contributed by atoms with E-state index in [0.717, 1.165) is 50.7 Å². The van der Waals surface area contributed by atoms with Crippen LogP contribution in [0.1, 0.15) is 25.7 Å². The van der Waals surface area contributed by atoms with Crippen molar-refractivity contribution in [2.75, 3.05) is 50.8 Å². The molecule has 3 fully saturated rings. The summed E-state index contributed by atoms with van der Waals surface area (Å²) >= 11 is 0. The smallest absolute Gasteiger partial charge is 0.319 e. The average Bonchev–Trinajstić information content (AvgIpc) is 3.52. The summed E-state index contributed by atoms with van der Waals surface area (Å²) in [5.74, 6) is -0.492. The molecule has 1 N–H and O–H groups in total. The van der Waals surface area contributed by atoms with Crippen LogP contribution >= 0.6 is 0 Å². The van der Waals surface area contributed by atoms with Gasteiger partial charge >= 0.3 is 6.01 Å². The fraction of sp³-hybridized carbons (Fsp3) is 0.433. The van der Waals surface area contributed by atoms with E-state index in [2.05, 4.69) is 25.1 Å². The van der Waals surface area contributed by atoms with Gasteiger partial charge < -0.3 is 19.7 Å². The molecule has 0 amide bonds. The zero-order valence-electron chi connectivity index (χ0n) is 22.1. The predicted molar refractivity (Wildman–Crippen MR) is 148 cm³/mol. The molecule has 0 radical (unpaired) electrons. The molecule has 0 bridgehead atoms. The van der Waals surface area contributed by atoms with E-state index in [1.807, 2.05) is 18.2 Å². The third kappa shape index (κ3) is 3.65. The zero-order valence-corrected chi connectivity index (χ0v) is 22.1. The molecule has 0 saturated carbocycles. The van der Waals surface area contributed by atoms with E-state index < -0.39 is 11.6 Å². The Morgan fingerprint density at radius 1 is 1.02 bits per heavy atom. The number of hydrogen-bond donors (Lipinski definition) is 1. The highest BCUT2D eigenvalue weighted by molar-refractivity contribution is 6.01. The van der Waals surface area contributed by atoms with Gasteiger partial charge in [-0.1, -0.05) is 30.3 Å². The Morgan fingerprint density at radius 2 is 1.88 bits per heavy atom. The second kappa shape index (κ2) is 9.21. The molecule has 0 spiro atoms. The fourth-order valence-corrected chi connectivity index (χ4v) is 7.16. The number of aromatic nitrogens is 3. The van der Waals surface area contributed by atoms with Gasteiger partial charge in [0.05, 0.1) is 11.6 Å². The van der Waals surface area contributed by atoms with E-state index in [-0.39, 0.29) is 40.2 Å². The lowest BCUT2D eigenvalue weighted by Gasteiger charge is -2.35. The lowest BCUT2D eigenvalue weighted by Crippen LogP contribution is -2.53. The summed E-state index contributed by atoms with van der Waals surface area (Å²) < 4.78 is 44.5. The maximum atomic E-state index is 16.6. The molecule has 4 aromatic rings. The van der Waals surface area contributed by atoms with Crippen molar-refractivity contribution in [3.63, 3.8) is 0 Å². The van der Waals surface area contributed by atoms with Gasteiger partial charge in [0.15, 0.2) is 5.82 Å². The molecule has 0 aliphatic carbocycles. The van der Waals surface area contributed by atoms with E-state index in [1.54, 1.807) is 12.1 Å². The van der Waals surface area contributed by atoms with E-state index in [0.29, 0.717) is 42.9 Å². The molecule has 2 aromatic carbocycles. The van der Waals surface area contributed by atoms with Gasteiger partial charge in [-0.3, -0.25) is 4.90 Å². The molecule has 4 aliphatic heterocycles. The third-order valence-corrected chi connectivity index (χ3v) is 9.14. The quantitative estimate of drug-likeness (QED) is 0.408. The summed E-state index contributed by atoms with van der Waals surface area (Å²) in [4.78, 5) is 18.7. The molecular weight excluding hydrogens is 514 g/mol. The highest BCUT2D eigenvalue weighted by atomic mass is 19.1. The molecule has 6 heterocycles. The van der Waals surface area contributed by atoms with Gasteiger partial charge in [0.25, 0.3) is 0 Å². The van der Waals surface area contributed by atoms with Crippen LogP contribution in [-0.2, 0) is 0 Å². The largest absolute Gasteiger partial charge is 0.475 e. The van der Waals surface area contributed by atoms with Gasteiger partial charge in [-0.25, -0.2) is 13.8 Å². The number of piperazine rings is 1. The Labute approximate surface area is 230 Å². The highest BCUT2D eigenvalue weighted by Crippen LogP contribution is 2.43. The van der Waals surface area contributed by atoms with Crippen LogP contribution in [0.5, 0.6) is 11.9 Å². The van der Waals surface area contributed by atoms with Crippen LogP contribution in [0.4, 0.5) is 14.6 Å². The van der Waals surface area contributed by atoms with E-state index in [4.69, 9.17) is 14.5 Å². The Hall–Kier alpha value is -3.63. The van der Waals surface area contributed by atoms with Crippen molar-refractivity contribution in [1.29, 1.82) is 0 Å². The monoisotopic (exact) mass is 544 g/mol. The minimum Gasteiger partial charge on any atom is -0.475 e. The first-order chi connectivity index (χ1) is 19.6. The molecule has 10 heteroatoms. The fourth-order valence-electron chi connectivity index (χ4n) is 7.16. The SMILES string of the molecule is Fc1ccc2ccccc2c1-c1nc2c3c(nc(OCC45CCCN4CCC5)nc3c1F)N1CCNC[C@H]1CO2. The number of ether oxygens (including phenoxy) is 2. The van der Waals surface area contributed by atoms with E-state index in [1.165, 1.54) is 6.07 Å². The molecule has 2 aromatic heterocycles. The van der Waals surface area contributed by atoms with Crippen molar-refractivity contribution in [3.05, 3.63) is 48.0 Å². The summed E-state index contributed by atoms with van der Waals surface area (Å²) in [6.45, 7) is 5.10. The van der Waals surface area contributed by atoms with Crippen LogP contribution < -0.4 is 19.7 Å². The Morgan fingerprint density at radius 3 is 2.75 bits per heavy atom. The van der Waals surface area contributed by atoms with Crippen molar-refractivity contribution in [2.24, 2.45) is 0 Å². The second-order valence-corrected chi connectivity index (χ2v) is 11.3. The third-order valence-electron chi connectivity index (χ3n) is 9.14. The van der Waals surface area contributed by atoms with Gasteiger partial charge in [0.1, 0.15) is 41.4 Å². The zero-order chi connectivity index (χ0) is 26.8. The normalized spacial score (nSPS) is 21.8. The number of nitrogens with one attached hydrogen (secondary N) is 1. The first-order valence-electron chi connectivity index (χ1n) is 14.2. The van der Waals surface area contributed by atoms with Gasteiger partial charge in [0.2, 0.25) is 5.88 Å². The number of anilines is 1. The second-order valence-electron chi connectivity index (χ2n) is 11.3. The highest BCUT2D eigenvalue weighted by Gasteiger charge is 2.45. The maximum absolute atomic E-state index is 16.6. The summed E-state index contributed by atoms with van der Waals surface area (Å²) in [7, 11) is 0. The topological polar surface area (TPSA) is 75.6 Å². The first kappa shape index (κ1) is 24.2. The van der Waals surface area contributed by atoms with Gasteiger partial charge in [0, 0.05) is 25.2 Å². The van der Waals surface area contributed by atoms with Crippen molar-refractivity contribution in [1.82, 2.24) is 25.2 Å². The van der Waals surface area contributed by atoms with E-state index >= 15 is 8.78 Å². The Balaban J connectivity index is 1.32. The van der Waals surface area contributed by atoms with Crippen LogP contribution in [0.15, 0.2) is 36.4 Å². The minimum absolute atomic E-state index is 0.00762. The lowest BCUT2D eigenvalue weighted by atomic mass is 9.95. The Bertz CT molecular complexity index is 1640. The summed E-state index contributed by atoms with van der Waals surface area (Å²) in [5.41, 5.74) is 0.00213. The van der Waals surface area contributed by atoms with Gasteiger partial charge in [-0.2, -0.15) is 9.97 Å². The number of nitrogens with zero attached hydrogens (tertiary/aromatic N) is 5. The number of halogens is 2. The number of hydrogen-bond acceptors (Lipinski definition) is 8. The lowest BCUT2D eigenvalue weighted by molar-refractivity contribution is 0.108. The molecule has 206 valence electrons. The van der Waals surface area contributed by atoms with Crippen LogP contribution in [-0.4, -0.2) is 77.4 Å². The maximum Gasteiger partial charge on any atom is 0.319 e. The molecule has 4 aliphatic rings. The van der Waals surface area contributed by atoms with Crippen molar-refractivity contribution in [3.8, 4) is 23.1 Å². The van der Waals surface area contributed by atoms with Crippen LogP contribution in [0.2, 0.25) is 0 Å². The van der Waals surface area contributed by atoms with Crippen molar-refractivity contribution < 1.29 is 18.3 Å². The average molecular weight is 545 g/mol. The van der Waals surface area contributed by atoms with Crippen molar-refractivity contribution in [2.45, 2.75) is 37.3 Å². The van der Waals surface area contributed by atoms with Gasteiger partial charge in [-0.15, -0.1) is 0 Å². The standard InChI is InChI=1S/C30H30F2N6O2/c31-21-8-7-18-5-1-2-6-20(18)22(21)25-24(32)26-23-27(38-14-11-33-15-19(38)16-39-28(23)34-25)36-29(35-26)40-17-30-9-3-12-37(30)13-4-10-30/h1-2,5-8,19,33H,3-4,9-17H2/t19-/m0/s1. The van der Waals surface area contributed by atoms with Crippen molar-refractivity contribution >= 4 is 27.5 Å². The molecule has 1 atom stereocenters. The van der Waals surface area contributed by atoms with Gasteiger partial charge in [-0.05, 0) is 55.6 Å². The van der Waals surface area contributed by atoms with Crippen LogP contribution in [0, 0.1) is 11.6 Å². The summed E-state index contributed by atoms with van der Waals surface area (Å²) in [5, 5.41) is 5.17. The molecule has 3 saturated heterocycles. The molecule has 40 heavy (non-hydrogen) atoms. The minimum atomic E-state index is -0.707. The van der Waals surface area contributed by atoms with Crippen LogP contribution in [0.3, 0.4) is 0 Å². The number of pyridine rings is 1. The molecule has 8 rings (SSSR count). The Kier molecular flexibility index (Phi) is 5.57. The van der Waals surface area contributed by atoms with E-state index in [9.17, 15) is 0 Å². The molecule has 0 unspecified atom stereocenters. The predicted octanol–water partition coefficient (Wildman–Crippen LogP) is 4.30. The first-order valence-corrected chi connectivity index (χ1v) is 14.2. The summed E-state index contributed by atoms with van der Waals surface area (Å²) in [6.07, 6.45) is 4.45. The summed E-state index contributed by atoms with van der Waals surface area (Å²) in [6, 6.07) is 10.5. The number of fused-ring (bicyclic) bond motifs is 4.